The lowest BCUT2D eigenvalue weighted by Crippen LogP contribution is -2.33. The highest BCUT2D eigenvalue weighted by Gasteiger charge is 2.32. The molecule has 5 heteroatoms. The quantitative estimate of drug-likeness (QED) is 0.630. The zero-order chi connectivity index (χ0) is 21.6. The topological polar surface area (TPSA) is 42.0 Å². The molecule has 1 amide bonds. The van der Waals surface area contributed by atoms with E-state index in [9.17, 15) is 4.79 Å². The van der Waals surface area contributed by atoms with Crippen molar-refractivity contribution in [3.05, 3.63) is 53.6 Å². The number of likely N-dealkylation sites (tertiary alicyclic amines) is 1. The van der Waals surface area contributed by atoms with Crippen LogP contribution in [-0.2, 0) is 11.3 Å². The van der Waals surface area contributed by atoms with E-state index in [4.69, 9.17) is 9.47 Å². The van der Waals surface area contributed by atoms with Crippen molar-refractivity contribution in [2.24, 2.45) is 0 Å². The highest BCUT2D eigenvalue weighted by Crippen LogP contribution is 2.42. The molecule has 4 rings (SSSR count). The van der Waals surface area contributed by atoms with E-state index in [2.05, 4.69) is 29.2 Å². The highest BCUT2D eigenvalue weighted by molar-refractivity contribution is 5.77. The van der Waals surface area contributed by atoms with Crippen LogP contribution in [0.3, 0.4) is 0 Å². The largest absolute Gasteiger partial charge is 0.496 e. The molecule has 2 aliphatic rings. The lowest BCUT2D eigenvalue weighted by molar-refractivity contribution is -0.133. The molecule has 2 saturated heterocycles. The van der Waals surface area contributed by atoms with Gasteiger partial charge >= 0.3 is 0 Å². The maximum absolute atomic E-state index is 13.2. The number of amides is 1. The molecule has 1 atom stereocenters. The Hall–Kier alpha value is -2.69. The van der Waals surface area contributed by atoms with E-state index in [1.807, 2.05) is 23.1 Å². The third kappa shape index (κ3) is 4.81. The molecular weight excluding hydrogens is 388 g/mol. The Morgan fingerprint density at radius 3 is 2.32 bits per heavy atom. The van der Waals surface area contributed by atoms with Crippen LogP contribution in [0.25, 0.3) is 0 Å². The number of rotatable bonds is 6. The monoisotopic (exact) mass is 422 g/mol. The Labute approximate surface area is 185 Å². The van der Waals surface area contributed by atoms with E-state index < -0.39 is 0 Å². The molecule has 2 heterocycles. The van der Waals surface area contributed by atoms with E-state index in [0.29, 0.717) is 13.0 Å². The Morgan fingerprint density at radius 2 is 1.61 bits per heavy atom. The molecule has 2 aromatic rings. The van der Waals surface area contributed by atoms with Gasteiger partial charge in [0.05, 0.1) is 25.8 Å². The predicted molar refractivity (Wildman–Crippen MR) is 124 cm³/mol. The second-order valence-electron chi connectivity index (χ2n) is 8.58. The van der Waals surface area contributed by atoms with Gasteiger partial charge in [0.1, 0.15) is 11.5 Å². The van der Waals surface area contributed by atoms with Crippen molar-refractivity contribution < 1.29 is 14.3 Å². The van der Waals surface area contributed by atoms with Crippen molar-refractivity contribution in [1.82, 2.24) is 4.90 Å². The highest BCUT2D eigenvalue weighted by atomic mass is 16.5. The first kappa shape index (κ1) is 21.5. The summed E-state index contributed by atoms with van der Waals surface area (Å²) in [5.74, 6) is 1.77. The molecule has 2 aliphatic heterocycles. The number of benzene rings is 2. The van der Waals surface area contributed by atoms with Gasteiger partial charge in [-0.05, 0) is 61.9 Å². The van der Waals surface area contributed by atoms with Crippen molar-refractivity contribution in [3.8, 4) is 11.5 Å². The van der Waals surface area contributed by atoms with Crippen LogP contribution in [0.15, 0.2) is 42.5 Å². The van der Waals surface area contributed by atoms with Gasteiger partial charge in [-0.15, -0.1) is 0 Å². The van der Waals surface area contributed by atoms with Crippen molar-refractivity contribution in [2.45, 2.75) is 57.5 Å². The van der Waals surface area contributed by atoms with Crippen molar-refractivity contribution in [3.63, 3.8) is 0 Å². The molecule has 2 fully saturated rings. The van der Waals surface area contributed by atoms with E-state index in [0.717, 1.165) is 49.4 Å². The summed E-state index contributed by atoms with van der Waals surface area (Å²) in [5, 5.41) is 0. The van der Waals surface area contributed by atoms with Crippen molar-refractivity contribution >= 4 is 11.6 Å². The minimum Gasteiger partial charge on any atom is -0.496 e. The smallest absolute Gasteiger partial charge is 0.223 e. The summed E-state index contributed by atoms with van der Waals surface area (Å²) >= 11 is 0. The van der Waals surface area contributed by atoms with Crippen LogP contribution in [0.4, 0.5) is 5.69 Å². The second kappa shape index (κ2) is 10.1. The fourth-order valence-electron chi connectivity index (χ4n) is 4.99. The third-order valence-electron chi connectivity index (χ3n) is 6.60. The van der Waals surface area contributed by atoms with Crippen molar-refractivity contribution in [2.75, 3.05) is 32.2 Å². The molecule has 5 nitrogen and oxygen atoms in total. The van der Waals surface area contributed by atoms with E-state index in [1.54, 1.807) is 14.2 Å². The zero-order valence-electron chi connectivity index (χ0n) is 18.8. The predicted octanol–water partition coefficient (Wildman–Crippen LogP) is 5.34. The van der Waals surface area contributed by atoms with Crippen LogP contribution in [0.1, 0.15) is 62.1 Å². The molecule has 0 bridgehead atoms. The average molecular weight is 423 g/mol. The number of anilines is 1. The average Bonchev–Trinajstić information content (AvgIpc) is 3.00. The fourth-order valence-corrected chi connectivity index (χ4v) is 4.99. The first-order valence-electron chi connectivity index (χ1n) is 11.6. The Bertz CT molecular complexity index is 870. The number of hydrogen-bond acceptors (Lipinski definition) is 4. The van der Waals surface area contributed by atoms with Gasteiger partial charge in [-0.2, -0.15) is 0 Å². The zero-order valence-corrected chi connectivity index (χ0v) is 18.8. The minimum atomic E-state index is -0.0558. The standard InChI is InChI=1S/C26H34N2O3/c1-30-23-13-9-14-24(31-2)26(23)22-12-4-5-15-25(29)28(22)19-20-10-8-11-21(18-20)27-16-6-3-7-17-27/h8-11,13-14,18,22H,3-7,12,15-17,19H2,1-2H3. The molecule has 0 radical (unpaired) electrons. The lowest BCUT2D eigenvalue weighted by Gasteiger charge is -2.33. The first-order chi connectivity index (χ1) is 15.2. The van der Waals surface area contributed by atoms with Crippen LogP contribution >= 0.6 is 0 Å². The summed E-state index contributed by atoms with van der Waals surface area (Å²) in [5.41, 5.74) is 3.43. The summed E-state index contributed by atoms with van der Waals surface area (Å²) in [6.45, 7) is 2.84. The maximum atomic E-state index is 13.2. The molecule has 166 valence electrons. The normalized spacial score (nSPS) is 19.8. The van der Waals surface area contributed by atoms with E-state index in [-0.39, 0.29) is 11.9 Å². The van der Waals surface area contributed by atoms with Gasteiger partial charge in [0.2, 0.25) is 5.91 Å². The summed E-state index contributed by atoms with van der Waals surface area (Å²) in [6, 6.07) is 14.5. The first-order valence-corrected chi connectivity index (χ1v) is 11.6. The molecule has 0 aromatic heterocycles. The molecule has 2 aromatic carbocycles. The summed E-state index contributed by atoms with van der Waals surface area (Å²) in [4.78, 5) is 17.7. The Balaban J connectivity index is 1.66. The second-order valence-corrected chi connectivity index (χ2v) is 8.58. The molecular formula is C26H34N2O3. The van der Waals surface area contributed by atoms with Crippen LogP contribution in [0, 0.1) is 0 Å². The summed E-state index contributed by atoms with van der Waals surface area (Å²) < 4.78 is 11.4. The third-order valence-corrected chi connectivity index (χ3v) is 6.60. The van der Waals surface area contributed by atoms with Gasteiger partial charge in [-0.25, -0.2) is 0 Å². The van der Waals surface area contributed by atoms with Gasteiger partial charge in [0, 0.05) is 31.7 Å². The molecule has 0 N–H and O–H groups in total. The molecule has 0 saturated carbocycles. The van der Waals surface area contributed by atoms with Crippen LogP contribution in [-0.4, -0.2) is 38.1 Å². The molecule has 31 heavy (non-hydrogen) atoms. The molecule has 0 aliphatic carbocycles. The minimum absolute atomic E-state index is 0.0558. The number of hydrogen-bond donors (Lipinski definition) is 0. The molecule has 1 unspecified atom stereocenters. The number of nitrogens with zero attached hydrogens (tertiary/aromatic N) is 2. The number of carbonyl (C=O) groups is 1. The lowest BCUT2D eigenvalue weighted by atomic mass is 9.98. The maximum Gasteiger partial charge on any atom is 0.223 e. The van der Waals surface area contributed by atoms with Crippen LogP contribution < -0.4 is 14.4 Å². The van der Waals surface area contributed by atoms with Gasteiger partial charge < -0.3 is 19.3 Å². The fraction of sp³-hybridized carbons (Fsp3) is 0.500. The number of ether oxygens (including phenoxy) is 2. The Morgan fingerprint density at radius 1 is 0.903 bits per heavy atom. The van der Waals surface area contributed by atoms with E-state index >= 15 is 0 Å². The number of piperidine rings is 1. The number of carbonyl (C=O) groups excluding carboxylic acids is 1. The van der Waals surface area contributed by atoms with Crippen LogP contribution in [0.5, 0.6) is 11.5 Å². The van der Waals surface area contributed by atoms with E-state index in [1.165, 1.54) is 30.5 Å². The number of methoxy groups -OCH3 is 2. The van der Waals surface area contributed by atoms with Gasteiger partial charge in [-0.3, -0.25) is 4.79 Å². The van der Waals surface area contributed by atoms with Gasteiger partial charge in [0.15, 0.2) is 0 Å². The van der Waals surface area contributed by atoms with Crippen LogP contribution in [0.2, 0.25) is 0 Å². The molecule has 0 spiro atoms. The summed E-state index contributed by atoms with van der Waals surface area (Å²) in [7, 11) is 3.37. The van der Waals surface area contributed by atoms with Gasteiger partial charge in [-0.1, -0.05) is 24.6 Å². The van der Waals surface area contributed by atoms with Gasteiger partial charge in [0.25, 0.3) is 0 Å². The SMILES string of the molecule is COc1cccc(OC)c1C1CCCCC(=O)N1Cc1cccc(N2CCCCC2)c1. The van der Waals surface area contributed by atoms with Crippen molar-refractivity contribution in [1.29, 1.82) is 0 Å². The summed E-state index contributed by atoms with van der Waals surface area (Å²) in [6.07, 6.45) is 7.28. The Kier molecular flexibility index (Phi) is 7.00.